The van der Waals surface area contributed by atoms with Gasteiger partial charge in [0.05, 0.1) is 7.11 Å². The number of hydrogen-bond acceptors (Lipinski definition) is 6. The Morgan fingerprint density at radius 3 is 2.19 bits per heavy atom. The van der Waals surface area contributed by atoms with Crippen LogP contribution in [0.1, 0.15) is 12.5 Å². The molecule has 0 atom stereocenters. The van der Waals surface area contributed by atoms with E-state index in [0.29, 0.717) is 5.69 Å². The molecule has 3 rings (SSSR count). The van der Waals surface area contributed by atoms with E-state index in [-0.39, 0.29) is 42.7 Å². The van der Waals surface area contributed by atoms with E-state index in [9.17, 15) is 21.6 Å². The third kappa shape index (κ3) is 5.54. The van der Waals surface area contributed by atoms with E-state index in [4.69, 9.17) is 4.74 Å². The molecule has 1 heterocycles. The summed E-state index contributed by atoms with van der Waals surface area (Å²) in [7, 11) is -6.30. The molecule has 0 unspecified atom stereocenters. The lowest BCUT2D eigenvalue weighted by Gasteiger charge is -2.32. The van der Waals surface area contributed by atoms with Gasteiger partial charge < -0.3 is 10.1 Å². The van der Waals surface area contributed by atoms with Crippen LogP contribution in [0.4, 0.5) is 5.69 Å². The number of anilines is 1. The number of benzene rings is 2. The summed E-state index contributed by atoms with van der Waals surface area (Å²) in [6.45, 7) is 1.36. The van der Waals surface area contributed by atoms with E-state index in [2.05, 4.69) is 5.32 Å². The highest BCUT2D eigenvalue weighted by molar-refractivity contribution is 7.92. The Labute approximate surface area is 188 Å². The van der Waals surface area contributed by atoms with Crippen LogP contribution in [0, 0.1) is 0 Å². The zero-order valence-electron chi connectivity index (χ0n) is 17.8. The molecule has 0 saturated carbocycles. The van der Waals surface area contributed by atoms with E-state index >= 15 is 0 Å². The zero-order valence-corrected chi connectivity index (χ0v) is 19.4. The third-order valence-corrected chi connectivity index (χ3v) is 8.38. The number of nitrogens with zero attached hydrogens (tertiary/aromatic N) is 2. The molecule has 1 saturated heterocycles. The van der Waals surface area contributed by atoms with Crippen molar-refractivity contribution >= 4 is 37.7 Å². The molecule has 172 valence electrons. The average Bonchev–Trinajstić information content (AvgIpc) is 2.78. The van der Waals surface area contributed by atoms with E-state index in [1.165, 1.54) is 40.9 Å². The number of rotatable bonds is 7. The maximum Gasteiger partial charge on any atom is 0.246 e. The lowest BCUT2D eigenvalue weighted by molar-refractivity contribution is -0.114. The summed E-state index contributed by atoms with van der Waals surface area (Å²) in [6, 6.07) is 13.4. The van der Waals surface area contributed by atoms with Crippen LogP contribution in [0.3, 0.4) is 0 Å². The van der Waals surface area contributed by atoms with Crippen LogP contribution < -0.4 is 10.1 Å². The summed E-state index contributed by atoms with van der Waals surface area (Å²) in [5, 5.41) is 3.68. The monoisotopic (exact) mass is 479 g/mol. The standard InChI is InChI=1S/C21H25N3O6S2/c1-17(25)22-19-8-9-20(30-2)21(16-19)32(28,29)24-13-11-23(12-14-24)31(26,27)15-10-18-6-4-3-5-7-18/h3-10,15-16H,11-14H2,1-2H3,(H,22,25). The van der Waals surface area contributed by atoms with E-state index in [1.54, 1.807) is 18.2 Å². The Kier molecular flexibility index (Phi) is 7.34. The fourth-order valence-corrected chi connectivity index (χ4v) is 6.05. The molecular formula is C21H25N3O6S2. The summed E-state index contributed by atoms with van der Waals surface area (Å²) in [6.07, 6.45) is 1.51. The highest BCUT2D eigenvalue weighted by atomic mass is 32.2. The van der Waals surface area contributed by atoms with Gasteiger partial charge in [0.1, 0.15) is 10.6 Å². The molecule has 0 bridgehead atoms. The van der Waals surface area contributed by atoms with E-state index < -0.39 is 20.0 Å². The normalized spacial score (nSPS) is 16.2. The predicted octanol–water partition coefficient (Wildman–Crippen LogP) is 1.96. The number of carbonyl (C=O) groups excluding carboxylic acids is 1. The highest BCUT2D eigenvalue weighted by Crippen LogP contribution is 2.30. The van der Waals surface area contributed by atoms with Crippen molar-refractivity contribution in [2.24, 2.45) is 0 Å². The largest absolute Gasteiger partial charge is 0.495 e. The van der Waals surface area contributed by atoms with Gasteiger partial charge in [-0.3, -0.25) is 4.79 Å². The summed E-state index contributed by atoms with van der Waals surface area (Å²) >= 11 is 0. The van der Waals surface area contributed by atoms with Crippen LogP contribution in [0.5, 0.6) is 5.75 Å². The number of carbonyl (C=O) groups is 1. The molecule has 11 heteroatoms. The second-order valence-corrected chi connectivity index (χ2v) is 10.8. The SMILES string of the molecule is COc1ccc(NC(C)=O)cc1S(=O)(=O)N1CCN(S(=O)(=O)C=Cc2ccccc2)CC1. The number of piperazine rings is 1. The van der Waals surface area contributed by atoms with Crippen LogP contribution in [-0.4, -0.2) is 64.6 Å². The fraction of sp³-hybridized carbons (Fsp3) is 0.286. The Hall–Kier alpha value is -2.73. The highest BCUT2D eigenvalue weighted by Gasteiger charge is 2.34. The Morgan fingerprint density at radius 2 is 1.59 bits per heavy atom. The van der Waals surface area contributed by atoms with Crippen LogP contribution in [0.25, 0.3) is 6.08 Å². The number of nitrogens with one attached hydrogen (secondary N) is 1. The molecule has 9 nitrogen and oxygen atoms in total. The van der Waals surface area contributed by atoms with E-state index in [0.717, 1.165) is 11.0 Å². The first-order valence-corrected chi connectivity index (χ1v) is 12.8. The molecule has 2 aromatic rings. The number of ether oxygens (including phenoxy) is 1. The van der Waals surface area contributed by atoms with Gasteiger partial charge in [-0.1, -0.05) is 30.3 Å². The smallest absolute Gasteiger partial charge is 0.246 e. The van der Waals surface area contributed by atoms with Crippen LogP contribution in [0.15, 0.2) is 58.8 Å². The average molecular weight is 480 g/mol. The first-order valence-electron chi connectivity index (χ1n) is 9.82. The molecule has 1 fully saturated rings. The molecule has 1 N–H and O–H groups in total. The maximum absolute atomic E-state index is 13.2. The number of methoxy groups -OCH3 is 1. The maximum atomic E-state index is 13.2. The van der Waals surface area contributed by atoms with Crippen molar-refractivity contribution in [2.75, 3.05) is 38.6 Å². The molecule has 2 aromatic carbocycles. The predicted molar refractivity (Wildman–Crippen MR) is 122 cm³/mol. The second-order valence-electron chi connectivity index (χ2n) is 7.11. The topological polar surface area (TPSA) is 113 Å². The van der Waals surface area contributed by atoms with Gasteiger partial charge >= 0.3 is 0 Å². The first-order chi connectivity index (χ1) is 15.1. The molecule has 0 radical (unpaired) electrons. The van der Waals surface area contributed by atoms with E-state index in [1.807, 2.05) is 18.2 Å². The lowest BCUT2D eigenvalue weighted by atomic mass is 10.2. The van der Waals surface area contributed by atoms with Gasteiger partial charge in [0.2, 0.25) is 26.0 Å². The Bertz CT molecular complexity index is 1200. The number of amides is 1. The fourth-order valence-electron chi connectivity index (χ4n) is 3.28. The van der Waals surface area contributed by atoms with Crippen molar-refractivity contribution in [1.29, 1.82) is 0 Å². The minimum atomic E-state index is -3.97. The van der Waals surface area contributed by atoms with Gasteiger partial charge in [-0.15, -0.1) is 0 Å². The van der Waals surface area contributed by atoms with Gasteiger partial charge in [0, 0.05) is 44.2 Å². The quantitative estimate of drug-likeness (QED) is 0.650. The molecule has 32 heavy (non-hydrogen) atoms. The molecular weight excluding hydrogens is 454 g/mol. The van der Waals surface area contributed by atoms with Crippen LogP contribution in [0.2, 0.25) is 0 Å². The van der Waals surface area contributed by atoms with Crippen molar-refractivity contribution in [2.45, 2.75) is 11.8 Å². The van der Waals surface area contributed by atoms with Crippen molar-refractivity contribution in [1.82, 2.24) is 8.61 Å². The number of sulfonamides is 2. The number of hydrogen-bond donors (Lipinski definition) is 1. The van der Waals surface area contributed by atoms with Gasteiger partial charge in [0.25, 0.3) is 0 Å². The van der Waals surface area contributed by atoms with Crippen molar-refractivity contribution in [3.63, 3.8) is 0 Å². The zero-order chi connectivity index (χ0) is 23.4. The lowest BCUT2D eigenvalue weighted by Crippen LogP contribution is -2.50. The van der Waals surface area contributed by atoms with Gasteiger partial charge in [-0.25, -0.2) is 16.8 Å². The van der Waals surface area contributed by atoms with Crippen molar-refractivity contribution < 1.29 is 26.4 Å². The van der Waals surface area contributed by atoms with Crippen LogP contribution >= 0.6 is 0 Å². The molecule has 1 amide bonds. The van der Waals surface area contributed by atoms with Crippen LogP contribution in [-0.2, 0) is 24.8 Å². The van der Waals surface area contributed by atoms with Gasteiger partial charge in [-0.05, 0) is 29.8 Å². The Balaban J connectivity index is 1.75. The molecule has 1 aliphatic heterocycles. The molecule has 0 aromatic heterocycles. The second kappa shape index (κ2) is 9.82. The summed E-state index contributed by atoms with van der Waals surface area (Å²) in [4.78, 5) is 11.2. The third-order valence-electron chi connectivity index (χ3n) is 4.89. The Morgan fingerprint density at radius 1 is 0.969 bits per heavy atom. The van der Waals surface area contributed by atoms with Gasteiger partial charge in [-0.2, -0.15) is 8.61 Å². The van der Waals surface area contributed by atoms with Gasteiger partial charge in [0.15, 0.2) is 0 Å². The summed E-state index contributed by atoms with van der Waals surface area (Å²) < 4.78 is 59.4. The summed E-state index contributed by atoms with van der Waals surface area (Å²) in [5.41, 5.74) is 1.08. The molecule has 0 aliphatic carbocycles. The molecule has 1 aliphatic rings. The molecule has 0 spiro atoms. The van der Waals surface area contributed by atoms with Crippen molar-refractivity contribution in [3.8, 4) is 5.75 Å². The minimum Gasteiger partial charge on any atom is -0.495 e. The minimum absolute atomic E-state index is 0.00570. The summed E-state index contributed by atoms with van der Waals surface area (Å²) in [5.74, 6) is -0.194. The van der Waals surface area contributed by atoms with Crippen molar-refractivity contribution in [3.05, 3.63) is 59.5 Å². The first kappa shape index (κ1) is 23.9.